The molecule has 2 amide bonds. The predicted octanol–water partition coefficient (Wildman–Crippen LogP) is 5.75. The fourth-order valence-electron chi connectivity index (χ4n) is 4.92. The standard InChI is InChI=1S/C27H22F3N3O2/c1-32-15-21(18-7-5-6-10-22(18)32)24-23(19-8-3-4-9-20(19)26(35)33(24)2)25(34)31-17-13-11-16(12-14-17)27(28,29)30/h3-15,23-24H,1-2H3,(H,31,34)/t23-,24-/m0/s1. The van der Waals surface area contributed by atoms with Crippen molar-refractivity contribution in [2.24, 2.45) is 7.05 Å². The van der Waals surface area contributed by atoms with Crippen LogP contribution in [-0.4, -0.2) is 28.3 Å². The Hall–Kier alpha value is -4.07. The molecular weight excluding hydrogens is 455 g/mol. The number of nitrogens with one attached hydrogen (secondary N) is 1. The highest BCUT2D eigenvalue weighted by Crippen LogP contribution is 2.45. The van der Waals surface area contributed by atoms with E-state index < -0.39 is 29.6 Å². The molecule has 0 saturated heterocycles. The Morgan fingerprint density at radius 1 is 0.886 bits per heavy atom. The molecule has 0 unspecified atom stereocenters. The first-order chi connectivity index (χ1) is 16.7. The fourth-order valence-corrected chi connectivity index (χ4v) is 4.92. The fraction of sp³-hybridized carbons (Fsp3) is 0.185. The molecule has 35 heavy (non-hydrogen) atoms. The lowest BCUT2D eigenvalue weighted by Gasteiger charge is -2.39. The number of hydrogen-bond donors (Lipinski definition) is 1. The summed E-state index contributed by atoms with van der Waals surface area (Å²) in [5.74, 6) is -1.38. The monoisotopic (exact) mass is 477 g/mol. The summed E-state index contributed by atoms with van der Waals surface area (Å²) in [4.78, 5) is 28.6. The molecule has 8 heteroatoms. The minimum Gasteiger partial charge on any atom is -0.350 e. The molecule has 0 radical (unpaired) electrons. The van der Waals surface area contributed by atoms with Gasteiger partial charge < -0.3 is 14.8 Å². The van der Waals surface area contributed by atoms with Crippen LogP contribution in [0.15, 0.2) is 79.0 Å². The minimum atomic E-state index is -4.46. The summed E-state index contributed by atoms with van der Waals surface area (Å²) >= 11 is 0. The summed E-state index contributed by atoms with van der Waals surface area (Å²) in [6, 6.07) is 18.4. The molecule has 0 aliphatic carbocycles. The number of fused-ring (bicyclic) bond motifs is 2. The summed E-state index contributed by atoms with van der Waals surface area (Å²) < 4.78 is 40.8. The lowest BCUT2D eigenvalue weighted by atomic mass is 9.79. The van der Waals surface area contributed by atoms with Crippen molar-refractivity contribution in [3.8, 4) is 0 Å². The molecule has 1 aliphatic heterocycles. The van der Waals surface area contributed by atoms with Gasteiger partial charge in [0.25, 0.3) is 5.91 Å². The van der Waals surface area contributed by atoms with Crippen LogP contribution in [0.1, 0.15) is 39.0 Å². The number of alkyl halides is 3. The second-order valence-corrected chi connectivity index (χ2v) is 8.70. The molecule has 0 spiro atoms. The molecule has 0 fully saturated rings. The van der Waals surface area contributed by atoms with E-state index in [0.717, 1.165) is 28.6 Å². The first-order valence-corrected chi connectivity index (χ1v) is 11.0. The highest BCUT2D eigenvalue weighted by molar-refractivity contribution is 6.05. The molecule has 1 aromatic heterocycles. The molecule has 2 heterocycles. The van der Waals surface area contributed by atoms with Crippen LogP contribution in [-0.2, 0) is 18.0 Å². The van der Waals surface area contributed by atoms with E-state index in [1.54, 1.807) is 36.2 Å². The molecule has 0 saturated carbocycles. The van der Waals surface area contributed by atoms with Crippen LogP contribution in [0.3, 0.4) is 0 Å². The van der Waals surface area contributed by atoms with Gasteiger partial charge in [0, 0.05) is 48.0 Å². The second kappa shape index (κ2) is 8.30. The van der Waals surface area contributed by atoms with Crippen molar-refractivity contribution < 1.29 is 22.8 Å². The Morgan fingerprint density at radius 2 is 1.54 bits per heavy atom. The number of carbonyl (C=O) groups is 2. The summed E-state index contributed by atoms with van der Waals surface area (Å²) in [5.41, 5.74) is 2.25. The van der Waals surface area contributed by atoms with Gasteiger partial charge in [-0.1, -0.05) is 36.4 Å². The lowest BCUT2D eigenvalue weighted by molar-refractivity contribution is -0.137. The lowest BCUT2D eigenvalue weighted by Crippen LogP contribution is -2.44. The number of likely N-dealkylation sites (N-methyl/N-ethyl adjacent to an activating group) is 1. The van der Waals surface area contributed by atoms with E-state index in [1.807, 2.05) is 42.1 Å². The average Bonchev–Trinajstić information content (AvgIpc) is 3.17. The summed E-state index contributed by atoms with van der Waals surface area (Å²) in [6.45, 7) is 0. The summed E-state index contributed by atoms with van der Waals surface area (Å²) in [5, 5.41) is 3.69. The van der Waals surface area contributed by atoms with Crippen LogP contribution in [0, 0.1) is 0 Å². The maximum absolute atomic E-state index is 13.7. The van der Waals surface area contributed by atoms with Gasteiger partial charge in [0.1, 0.15) is 0 Å². The number of anilines is 1. The van der Waals surface area contributed by atoms with E-state index >= 15 is 0 Å². The predicted molar refractivity (Wildman–Crippen MR) is 127 cm³/mol. The maximum Gasteiger partial charge on any atom is 0.416 e. The number of para-hydroxylation sites is 1. The topological polar surface area (TPSA) is 54.3 Å². The van der Waals surface area contributed by atoms with Crippen molar-refractivity contribution >= 4 is 28.4 Å². The molecule has 3 aromatic carbocycles. The first-order valence-electron chi connectivity index (χ1n) is 11.0. The highest BCUT2D eigenvalue weighted by atomic mass is 19.4. The Morgan fingerprint density at radius 3 is 2.26 bits per heavy atom. The number of aromatic nitrogens is 1. The summed E-state index contributed by atoms with van der Waals surface area (Å²) in [6.07, 6.45) is -2.54. The van der Waals surface area contributed by atoms with Gasteiger partial charge in [-0.25, -0.2) is 0 Å². The summed E-state index contributed by atoms with van der Waals surface area (Å²) in [7, 11) is 3.57. The average molecular weight is 477 g/mol. The van der Waals surface area contributed by atoms with Crippen molar-refractivity contribution in [2.75, 3.05) is 12.4 Å². The van der Waals surface area contributed by atoms with Crippen molar-refractivity contribution in [3.05, 3.63) is 101 Å². The number of halogens is 3. The largest absolute Gasteiger partial charge is 0.416 e. The zero-order valence-electron chi connectivity index (χ0n) is 19.0. The third kappa shape index (κ3) is 3.84. The van der Waals surface area contributed by atoms with Crippen molar-refractivity contribution in [2.45, 2.75) is 18.1 Å². The molecule has 2 atom stereocenters. The number of hydrogen-bond acceptors (Lipinski definition) is 2. The normalized spacial score (nSPS) is 18.0. The van der Waals surface area contributed by atoms with Gasteiger partial charge in [-0.15, -0.1) is 0 Å². The van der Waals surface area contributed by atoms with Gasteiger partial charge in [-0.3, -0.25) is 9.59 Å². The van der Waals surface area contributed by atoms with Crippen molar-refractivity contribution in [1.29, 1.82) is 0 Å². The van der Waals surface area contributed by atoms with Gasteiger partial charge in [-0.05, 0) is 42.0 Å². The zero-order valence-corrected chi connectivity index (χ0v) is 19.0. The number of nitrogens with zero attached hydrogens (tertiary/aromatic N) is 2. The van der Waals surface area contributed by atoms with Gasteiger partial charge >= 0.3 is 6.18 Å². The van der Waals surface area contributed by atoms with E-state index in [-0.39, 0.29) is 11.6 Å². The molecule has 0 bridgehead atoms. The van der Waals surface area contributed by atoms with Crippen LogP contribution in [0.4, 0.5) is 18.9 Å². The van der Waals surface area contributed by atoms with Crippen LogP contribution in [0.2, 0.25) is 0 Å². The third-order valence-corrected chi connectivity index (χ3v) is 6.59. The second-order valence-electron chi connectivity index (χ2n) is 8.70. The third-order valence-electron chi connectivity index (χ3n) is 6.59. The van der Waals surface area contributed by atoms with Gasteiger partial charge in [0.05, 0.1) is 17.5 Å². The molecule has 178 valence electrons. The highest BCUT2D eigenvalue weighted by Gasteiger charge is 2.43. The molecule has 5 nitrogen and oxygen atoms in total. The van der Waals surface area contributed by atoms with E-state index in [0.29, 0.717) is 11.1 Å². The first kappa shape index (κ1) is 22.7. The number of benzene rings is 3. The number of rotatable bonds is 3. The number of aryl methyl sites for hydroxylation is 1. The van der Waals surface area contributed by atoms with E-state index in [9.17, 15) is 22.8 Å². The maximum atomic E-state index is 13.7. The molecule has 4 aromatic rings. The molecular formula is C27H22F3N3O2. The molecule has 1 N–H and O–H groups in total. The van der Waals surface area contributed by atoms with Crippen LogP contribution in [0.25, 0.3) is 10.9 Å². The SMILES string of the molecule is CN1C(=O)c2ccccc2[C@H](C(=O)Nc2ccc(C(F)(F)F)cc2)[C@@H]1c1cn(C)c2ccccc12. The quantitative estimate of drug-likeness (QED) is 0.409. The van der Waals surface area contributed by atoms with Gasteiger partial charge in [0.2, 0.25) is 5.91 Å². The van der Waals surface area contributed by atoms with E-state index in [2.05, 4.69) is 5.32 Å². The van der Waals surface area contributed by atoms with Crippen molar-refractivity contribution in [3.63, 3.8) is 0 Å². The Labute approximate surface area is 199 Å². The van der Waals surface area contributed by atoms with Gasteiger partial charge in [0.15, 0.2) is 0 Å². The zero-order chi connectivity index (χ0) is 24.9. The number of amides is 2. The van der Waals surface area contributed by atoms with Crippen molar-refractivity contribution in [1.82, 2.24) is 9.47 Å². The van der Waals surface area contributed by atoms with Crippen LogP contribution >= 0.6 is 0 Å². The minimum absolute atomic E-state index is 0.197. The van der Waals surface area contributed by atoms with Crippen LogP contribution < -0.4 is 5.32 Å². The Bertz CT molecular complexity index is 1440. The van der Waals surface area contributed by atoms with Gasteiger partial charge in [-0.2, -0.15) is 13.2 Å². The smallest absolute Gasteiger partial charge is 0.350 e. The Kier molecular flexibility index (Phi) is 5.39. The van der Waals surface area contributed by atoms with E-state index in [1.165, 1.54) is 12.1 Å². The molecule has 1 aliphatic rings. The van der Waals surface area contributed by atoms with E-state index in [4.69, 9.17) is 0 Å². The molecule has 5 rings (SSSR count). The number of carbonyl (C=O) groups excluding carboxylic acids is 2. The van der Waals surface area contributed by atoms with Crippen LogP contribution in [0.5, 0.6) is 0 Å². The Balaban J connectivity index is 1.60.